The van der Waals surface area contributed by atoms with Crippen molar-refractivity contribution in [2.24, 2.45) is 11.5 Å². The van der Waals surface area contributed by atoms with Gasteiger partial charge in [0, 0.05) is 18.3 Å². The molecule has 0 unspecified atom stereocenters. The van der Waals surface area contributed by atoms with E-state index in [0.717, 1.165) is 0 Å². The number of nitrogens with one attached hydrogen (secondary N) is 7. The van der Waals surface area contributed by atoms with Gasteiger partial charge in [-0.1, -0.05) is 0 Å². The summed E-state index contributed by atoms with van der Waals surface area (Å²) in [6, 6.07) is -6.23. The summed E-state index contributed by atoms with van der Waals surface area (Å²) < 4.78 is 0. The number of carbonyl (C=O) groups excluding carboxylic acids is 6. The van der Waals surface area contributed by atoms with E-state index < -0.39 is 97.1 Å². The molecule has 0 radical (unpaired) electrons. The highest BCUT2D eigenvalue weighted by Gasteiger charge is 2.30. The number of nitrogens with two attached hydrogens (primary N) is 2. The van der Waals surface area contributed by atoms with Crippen LogP contribution in [0.25, 0.3) is 0 Å². The predicted octanol–water partition coefficient (Wildman–Crippen LogP) is -4.82. The molecule has 256 valence electrons. The molecule has 20 nitrogen and oxygen atoms in total. The van der Waals surface area contributed by atoms with E-state index in [9.17, 15) is 48.6 Å². The maximum absolute atomic E-state index is 13.2. The smallest absolute Gasteiger partial charge is 0.326 e. The summed E-state index contributed by atoms with van der Waals surface area (Å²) in [5.41, 5.74) is 11.2. The van der Waals surface area contributed by atoms with Crippen LogP contribution in [0.15, 0.2) is 12.5 Å². The average Bonchev–Trinajstić information content (AvgIpc) is 3.50. The van der Waals surface area contributed by atoms with Gasteiger partial charge in [0.2, 0.25) is 35.4 Å². The first kappa shape index (κ1) is 38.9. The molecule has 0 aromatic carbocycles. The van der Waals surface area contributed by atoms with Crippen LogP contribution in [0.4, 0.5) is 0 Å². The summed E-state index contributed by atoms with van der Waals surface area (Å²) in [5, 5.41) is 32.3. The van der Waals surface area contributed by atoms with E-state index in [2.05, 4.69) is 41.9 Å². The molecule has 1 rings (SSSR count). The number of hydrogen-bond acceptors (Lipinski definition) is 11. The molecule has 0 saturated heterocycles. The Morgan fingerprint density at radius 2 is 1.41 bits per heavy atom. The van der Waals surface area contributed by atoms with E-state index in [1.165, 1.54) is 26.4 Å². The molecule has 5 atom stereocenters. The van der Waals surface area contributed by atoms with Gasteiger partial charge in [0.15, 0.2) is 0 Å². The zero-order valence-corrected chi connectivity index (χ0v) is 25.5. The number of imidazole rings is 1. The number of carbonyl (C=O) groups is 8. The second-order valence-electron chi connectivity index (χ2n) is 10.3. The van der Waals surface area contributed by atoms with Gasteiger partial charge < -0.3 is 58.6 Å². The van der Waals surface area contributed by atoms with Crippen LogP contribution in [0.5, 0.6) is 0 Å². The molecule has 0 aliphatic carbocycles. The molecule has 13 N–H and O–H groups in total. The second-order valence-corrected chi connectivity index (χ2v) is 10.3. The summed E-state index contributed by atoms with van der Waals surface area (Å²) >= 11 is 0. The molecule has 0 aliphatic rings. The lowest BCUT2D eigenvalue weighted by Crippen LogP contribution is -2.57. The van der Waals surface area contributed by atoms with Gasteiger partial charge in [-0.2, -0.15) is 0 Å². The molecule has 0 aliphatic heterocycles. The Balaban J connectivity index is 2.89. The normalized spacial score (nSPS) is 13.9. The number of aromatic nitrogens is 2. The minimum absolute atomic E-state index is 0.0974. The van der Waals surface area contributed by atoms with Crippen molar-refractivity contribution in [2.75, 3.05) is 19.6 Å². The predicted molar refractivity (Wildman–Crippen MR) is 158 cm³/mol. The molecule has 1 aromatic heterocycles. The zero-order valence-electron chi connectivity index (χ0n) is 25.5. The van der Waals surface area contributed by atoms with Crippen molar-refractivity contribution in [3.05, 3.63) is 18.2 Å². The Morgan fingerprint density at radius 1 is 0.804 bits per heavy atom. The fourth-order valence-corrected chi connectivity index (χ4v) is 3.74. The number of H-pyrrole nitrogens is 1. The third kappa shape index (κ3) is 15.1. The Kier molecular flexibility index (Phi) is 16.9. The van der Waals surface area contributed by atoms with Crippen molar-refractivity contribution in [3.63, 3.8) is 0 Å². The van der Waals surface area contributed by atoms with E-state index in [0.29, 0.717) is 25.1 Å². The van der Waals surface area contributed by atoms with Crippen LogP contribution in [0, 0.1) is 0 Å². The second kappa shape index (κ2) is 20.0. The minimum atomic E-state index is -1.70. The van der Waals surface area contributed by atoms with Crippen LogP contribution >= 0.6 is 0 Å². The van der Waals surface area contributed by atoms with Crippen LogP contribution < -0.4 is 43.4 Å². The Morgan fingerprint density at radius 3 is 1.93 bits per heavy atom. The van der Waals surface area contributed by atoms with Crippen molar-refractivity contribution < 1.29 is 48.6 Å². The number of nitrogens with zero attached hydrogens (tertiary/aromatic N) is 1. The molecule has 0 fully saturated rings. The van der Waals surface area contributed by atoms with Gasteiger partial charge in [-0.25, -0.2) is 9.78 Å². The van der Waals surface area contributed by atoms with Gasteiger partial charge >= 0.3 is 11.9 Å². The molecular weight excluding hydrogens is 612 g/mol. The SMILES string of the molecule is C[C@H](N)C(=O)N[C@@H](C)C(=O)NCC(=O)N[C@@H](Cc1cnc[nH]1)C(=O)N[C@@H](CC(=O)O)C(=O)NCC(=O)N[C@@H](CCCCN)C(=O)O. The molecule has 1 aromatic rings. The highest BCUT2D eigenvalue weighted by atomic mass is 16.4. The van der Waals surface area contributed by atoms with Crippen molar-refractivity contribution >= 4 is 47.4 Å². The zero-order chi connectivity index (χ0) is 34.8. The van der Waals surface area contributed by atoms with Crippen molar-refractivity contribution in [1.82, 2.24) is 41.9 Å². The maximum Gasteiger partial charge on any atom is 0.326 e. The number of unbranched alkanes of at least 4 members (excludes halogenated alkanes) is 1. The number of aliphatic carboxylic acids is 2. The van der Waals surface area contributed by atoms with Crippen molar-refractivity contribution in [2.45, 2.75) is 76.2 Å². The lowest BCUT2D eigenvalue weighted by Gasteiger charge is -2.22. The quantitative estimate of drug-likeness (QED) is 0.0555. The van der Waals surface area contributed by atoms with Crippen LogP contribution in [0.3, 0.4) is 0 Å². The Hall–Kier alpha value is -5.11. The number of amides is 6. The van der Waals surface area contributed by atoms with Gasteiger partial charge in [-0.05, 0) is 39.7 Å². The van der Waals surface area contributed by atoms with Gasteiger partial charge in [-0.3, -0.25) is 33.6 Å². The standard InChI is InChI=1S/C26H42N10O10/c1-13(28)22(41)33-14(2)23(42)30-10-20(38)35-17(7-15-9-29-12-32-15)25(44)36-18(8-21(39)40)24(43)31-11-19(37)34-16(26(45)46)5-3-4-6-27/h9,12-14,16-18H,3-8,10-11,27-28H2,1-2H3,(H,29,32)(H,30,42)(H,31,43)(H,33,41)(H,34,37)(H,35,38)(H,36,44)(H,39,40)(H,45,46)/t13-,14-,16-,17-,18-/m0/s1. The number of hydrogen-bond donors (Lipinski definition) is 11. The van der Waals surface area contributed by atoms with Gasteiger partial charge in [-0.15, -0.1) is 0 Å². The number of aromatic amines is 1. The van der Waals surface area contributed by atoms with Crippen molar-refractivity contribution in [3.8, 4) is 0 Å². The van der Waals surface area contributed by atoms with E-state index in [1.54, 1.807) is 0 Å². The fourth-order valence-electron chi connectivity index (χ4n) is 3.74. The molecule has 0 spiro atoms. The fraction of sp³-hybridized carbons (Fsp3) is 0.577. The summed E-state index contributed by atoms with van der Waals surface area (Å²) in [7, 11) is 0. The maximum atomic E-state index is 13.2. The lowest BCUT2D eigenvalue weighted by molar-refractivity contribution is -0.142. The summed E-state index contributed by atoms with van der Waals surface area (Å²) in [4.78, 5) is 104. The van der Waals surface area contributed by atoms with Gasteiger partial charge in [0.1, 0.15) is 24.2 Å². The van der Waals surface area contributed by atoms with E-state index in [1.807, 2.05) is 0 Å². The van der Waals surface area contributed by atoms with Gasteiger partial charge in [0.05, 0.1) is 31.9 Å². The average molecular weight is 655 g/mol. The molecule has 0 saturated carbocycles. The topological polar surface area (TPSA) is 330 Å². The first-order valence-corrected chi connectivity index (χ1v) is 14.3. The molecule has 1 heterocycles. The molecular formula is C26H42N10O10. The molecule has 46 heavy (non-hydrogen) atoms. The number of carboxylic acid groups (broad SMARTS) is 2. The van der Waals surface area contributed by atoms with Crippen LogP contribution in [-0.2, 0) is 44.8 Å². The van der Waals surface area contributed by atoms with Crippen LogP contribution in [-0.4, -0.2) is 117 Å². The van der Waals surface area contributed by atoms with Gasteiger partial charge in [0.25, 0.3) is 0 Å². The van der Waals surface area contributed by atoms with Crippen LogP contribution in [0.1, 0.15) is 45.2 Å². The summed E-state index contributed by atoms with van der Waals surface area (Å²) in [5.74, 6) is -7.83. The lowest BCUT2D eigenvalue weighted by atomic mass is 10.1. The number of rotatable bonds is 21. The Labute approximate surface area is 263 Å². The molecule has 0 bridgehead atoms. The number of carboxylic acids is 2. The van der Waals surface area contributed by atoms with E-state index in [-0.39, 0.29) is 12.8 Å². The highest BCUT2D eigenvalue weighted by Crippen LogP contribution is 2.03. The first-order valence-electron chi connectivity index (χ1n) is 14.3. The molecule has 6 amide bonds. The van der Waals surface area contributed by atoms with E-state index >= 15 is 0 Å². The Bertz CT molecular complexity index is 1220. The van der Waals surface area contributed by atoms with Crippen LogP contribution in [0.2, 0.25) is 0 Å². The largest absolute Gasteiger partial charge is 0.481 e. The molecule has 20 heteroatoms. The monoisotopic (exact) mass is 654 g/mol. The van der Waals surface area contributed by atoms with Crippen molar-refractivity contribution in [1.29, 1.82) is 0 Å². The summed E-state index contributed by atoms with van der Waals surface area (Å²) in [6.07, 6.45) is 2.65. The third-order valence-electron chi connectivity index (χ3n) is 6.23. The van der Waals surface area contributed by atoms with E-state index in [4.69, 9.17) is 11.5 Å². The summed E-state index contributed by atoms with van der Waals surface area (Å²) in [6.45, 7) is 1.80. The highest BCUT2D eigenvalue weighted by molar-refractivity contribution is 5.96. The minimum Gasteiger partial charge on any atom is -0.481 e. The first-order chi connectivity index (χ1) is 21.6. The third-order valence-corrected chi connectivity index (χ3v) is 6.23.